The molecule has 0 amide bonds. The van der Waals surface area contributed by atoms with Crippen molar-refractivity contribution < 1.29 is 11.5 Å². The molecule has 1 aromatic rings. The molecule has 4 heteroatoms. The number of hydrogen-bond donors (Lipinski definition) is 0. The molecule has 0 aliphatic heterocycles. The van der Waals surface area contributed by atoms with Gasteiger partial charge >= 0.3 is 0 Å². The molecule has 0 N–H and O–H groups in total. The van der Waals surface area contributed by atoms with Crippen molar-refractivity contribution in [1.82, 2.24) is 9.97 Å². The average Bonchev–Trinajstić information content (AvgIpc) is 1.82. The van der Waals surface area contributed by atoms with Gasteiger partial charge in [-0.3, -0.25) is 0 Å². The maximum atomic E-state index is 12.1. The maximum Gasteiger partial charge on any atom is 0.218 e. The van der Waals surface area contributed by atoms with E-state index in [4.69, 9.17) is 2.74 Å². The number of nitrogens with zero attached hydrogens (tertiary/aromatic N) is 2. The number of aromatic nitrogens is 2. The van der Waals surface area contributed by atoms with Crippen LogP contribution in [0.25, 0.3) is 0 Å². The van der Waals surface area contributed by atoms with Crippen LogP contribution in [0.3, 0.4) is 0 Å². The first-order chi connectivity index (χ1) is 4.61. The second-order valence-corrected chi connectivity index (χ2v) is 1.03. The maximum absolute atomic E-state index is 12.1. The summed E-state index contributed by atoms with van der Waals surface area (Å²) in [6.07, 6.45) is -0.758. The van der Waals surface area contributed by atoms with Crippen molar-refractivity contribution in [3.05, 3.63) is 24.2 Å². The van der Waals surface area contributed by atoms with Crippen LogP contribution in [0.4, 0.5) is 8.78 Å². The molecule has 2 nitrogen and oxygen atoms in total. The highest BCUT2D eigenvalue weighted by Gasteiger charge is 1.91. The largest absolute Gasteiger partial charge is 0.218 e. The Morgan fingerprint density at radius 3 is 2.38 bits per heavy atom. The summed E-state index contributed by atoms with van der Waals surface area (Å²) in [5.41, 5.74) is 0. The highest BCUT2D eigenvalue weighted by atomic mass is 19.1. The van der Waals surface area contributed by atoms with E-state index in [1.54, 1.807) is 0 Å². The van der Waals surface area contributed by atoms with Gasteiger partial charge in [-0.1, -0.05) is 0 Å². The first-order valence-corrected chi connectivity index (χ1v) is 1.77. The molecule has 0 unspecified atom stereocenters. The smallest absolute Gasteiger partial charge is 0.208 e. The predicted octanol–water partition coefficient (Wildman–Crippen LogP) is 0.755. The van der Waals surface area contributed by atoms with Gasteiger partial charge < -0.3 is 0 Å². The highest BCUT2D eigenvalue weighted by Crippen LogP contribution is 1.90. The molecule has 0 aromatic carbocycles. The van der Waals surface area contributed by atoms with Crippen LogP contribution in [-0.4, -0.2) is 9.97 Å². The van der Waals surface area contributed by atoms with Gasteiger partial charge in [-0.15, -0.1) is 0 Å². The first-order valence-electron chi connectivity index (χ1n) is 2.77. The topological polar surface area (TPSA) is 25.8 Å². The van der Waals surface area contributed by atoms with Crippen LogP contribution in [-0.2, 0) is 0 Å². The third kappa shape index (κ3) is 0.959. The lowest BCUT2D eigenvalue weighted by Crippen LogP contribution is -1.86. The quantitative estimate of drug-likeness (QED) is 0.470. The Balaban J connectivity index is 3.31. The fourth-order valence-corrected chi connectivity index (χ4v) is 0.254. The van der Waals surface area contributed by atoms with E-state index in [0.29, 0.717) is 0 Å². The van der Waals surface area contributed by atoms with E-state index >= 15 is 0 Å². The lowest BCUT2D eigenvalue weighted by molar-refractivity contribution is 0.525. The van der Waals surface area contributed by atoms with Crippen LogP contribution in [0.5, 0.6) is 0 Å². The molecule has 42 valence electrons. The van der Waals surface area contributed by atoms with E-state index in [1.807, 2.05) is 0 Å². The predicted molar refractivity (Wildman–Crippen MR) is 21.9 cm³/mol. The van der Waals surface area contributed by atoms with Crippen LogP contribution < -0.4 is 0 Å². The van der Waals surface area contributed by atoms with Gasteiger partial charge in [0.15, 0.2) is 0 Å². The van der Waals surface area contributed by atoms with Crippen LogP contribution in [0.2, 0.25) is 0 Å². The lowest BCUT2D eigenvalue weighted by Gasteiger charge is -1.82. The molecule has 0 fully saturated rings. The van der Waals surface area contributed by atoms with Crippen LogP contribution in [0.1, 0.15) is 2.74 Å². The van der Waals surface area contributed by atoms with Crippen molar-refractivity contribution in [3.8, 4) is 0 Å². The van der Waals surface area contributed by atoms with Gasteiger partial charge in [-0.2, -0.15) is 8.78 Å². The van der Waals surface area contributed by atoms with Gasteiger partial charge in [-0.05, 0) is 0 Å². The molecule has 0 spiro atoms. The Kier molecular flexibility index (Phi) is 0.695. The standard InChI is InChI=1S/C4H2F2N2/c5-3-1-4(6)8-2-7-3/h1-2H/i1D,2D. The van der Waals surface area contributed by atoms with Crippen molar-refractivity contribution in [2.24, 2.45) is 0 Å². The average molecular weight is 118 g/mol. The van der Waals surface area contributed by atoms with Gasteiger partial charge in [-0.25, -0.2) is 9.97 Å². The molecule has 1 rings (SSSR count). The fourth-order valence-electron chi connectivity index (χ4n) is 0.254. The van der Waals surface area contributed by atoms with E-state index in [1.165, 1.54) is 0 Å². The van der Waals surface area contributed by atoms with Gasteiger partial charge in [0.2, 0.25) is 11.9 Å². The summed E-state index contributed by atoms with van der Waals surface area (Å²) in [6.45, 7) is 0. The summed E-state index contributed by atoms with van der Waals surface area (Å²) in [4.78, 5) is 5.59. The molecule has 0 saturated heterocycles. The first kappa shape index (κ1) is 3.06. The van der Waals surface area contributed by atoms with Gasteiger partial charge in [0.25, 0.3) is 0 Å². The van der Waals surface area contributed by atoms with E-state index < -0.39 is 24.2 Å². The summed E-state index contributed by atoms with van der Waals surface area (Å²) in [5.74, 6) is -2.62. The molecule has 0 bridgehead atoms. The molecule has 0 aliphatic rings. The van der Waals surface area contributed by atoms with Crippen molar-refractivity contribution in [2.45, 2.75) is 0 Å². The van der Waals surface area contributed by atoms with Gasteiger partial charge in [0.1, 0.15) is 7.67 Å². The molecule has 1 heterocycles. The van der Waals surface area contributed by atoms with Crippen LogP contribution in [0, 0.1) is 11.9 Å². The molecule has 0 atom stereocenters. The lowest BCUT2D eigenvalue weighted by atomic mass is 10.6. The molecule has 1 aromatic heterocycles. The Hall–Kier alpha value is -1.06. The van der Waals surface area contributed by atoms with E-state index in [-0.39, 0.29) is 0 Å². The second-order valence-electron chi connectivity index (χ2n) is 1.03. The number of hydrogen-bond acceptors (Lipinski definition) is 2. The molecule has 0 saturated carbocycles. The zero-order valence-corrected chi connectivity index (χ0v) is 3.65. The minimum absolute atomic E-state index is 0.758. The van der Waals surface area contributed by atoms with E-state index in [0.717, 1.165) is 0 Å². The number of rotatable bonds is 0. The highest BCUT2D eigenvalue weighted by molar-refractivity contribution is 4.82. The summed E-state index contributed by atoms with van der Waals surface area (Å²) in [7, 11) is 0. The Morgan fingerprint density at radius 2 is 1.88 bits per heavy atom. The van der Waals surface area contributed by atoms with Gasteiger partial charge in [0, 0.05) is 6.04 Å². The molecule has 0 aliphatic carbocycles. The Bertz CT molecular complexity index is 242. The Labute approximate surface area is 47.0 Å². The monoisotopic (exact) mass is 118 g/mol. The summed E-state index contributed by atoms with van der Waals surface area (Å²) < 4.78 is 37.5. The normalized spacial score (nSPS) is 12.8. The van der Waals surface area contributed by atoms with Crippen molar-refractivity contribution >= 4 is 0 Å². The molecule has 8 heavy (non-hydrogen) atoms. The second kappa shape index (κ2) is 1.81. The molecular formula is C4H2F2N2. The van der Waals surface area contributed by atoms with Crippen molar-refractivity contribution in [1.29, 1.82) is 0 Å². The zero-order valence-electron chi connectivity index (χ0n) is 5.65. The van der Waals surface area contributed by atoms with Crippen molar-refractivity contribution in [2.75, 3.05) is 0 Å². The third-order valence-corrected chi connectivity index (χ3v) is 0.503. The fraction of sp³-hybridized carbons (Fsp3) is 0. The summed E-state index contributed by atoms with van der Waals surface area (Å²) in [6, 6.07) is -1.00. The summed E-state index contributed by atoms with van der Waals surface area (Å²) >= 11 is 0. The molecular weight excluding hydrogens is 114 g/mol. The van der Waals surface area contributed by atoms with Crippen LogP contribution >= 0.6 is 0 Å². The zero-order chi connectivity index (χ0) is 7.72. The molecule has 0 radical (unpaired) electrons. The minimum atomic E-state index is -1.31. The number of halogens is 2. The third-order valence-electron chi connectivity index (χ3n) is 0.503. The van der Waals surface area contributed by atoms with E-state index in [2.05, 4.69) is 9.97 Å². The SMILES string of the molecule is [2H]c1nc(F)c([2H])c(F)n1. The van der Waals surface area contributed by atoms with E-state index in [9.17, 15) is 8.78 Å². The van der Waals surface area contributed by atoms with Gasteiger partial charge in [0.05, 0.1) is 1.37 Å². The Morgan fingerprint density at radius 1 is 1.38 bits per heavy atom. The van der Waals surface area contributed by atoms with Crippen LogP contribution in [0.15, 0.2) is 12.3 Å². The van der Waals surface area contributed by atoms with Crippen molar-refractivity contribution in [3.63, 3.8) is 0 Å². The minimum Gasteiger partial charge on any atom is -0.208 e. The summed E-state index contributed by atoms with van der Waals surface area (Å²) in [5, 5.41) is 0.